The zero-order valence-corrected chi connectivity index (χ0v) is 21.2. The Morgan fingerprint density at radius 1 is 1.18 bits per heavy atom. The molecule has 8 heteroatoms. The highest BCUT2D eigenvalue weighted by atomic mass is 35.5. The minimum Gasteiger partial charge on any atom is -0.370 e. The van der Waals surface area contributed by atoms with Gasteiger partial charge in [0.2, 0.25) is 0 Å². The number of hydrogen-bond acceptors (Lipinski definition) is 3. The summed E-state index contributed by atoms with van der Waals surface area (Å²) in [5, 5.41) is 1.85. The van der Waals surface area contributed by atoms with E-state index in [-0.39, 0.29) is 24.5 Å². The molecule has 33 heavy (non-hydrogen) atoms. The fourth-order valence-electron chi connectivity index (χ4n) is 4.54. The van der Waals surface area contributed by atoms with E-state index in [0.717, 1.165) is 72.6 Å². The van der Waals surface area contributed by atoms with Gasteiger partial charge in [-0.15, -0.1) is 0 Å². The Bertz CT molecular complexity index is 967. The lowest BCUT2D eigenvalue weighted by Crippen LogP contribution is -2.31. The molecule has 1 unspecified atom stereocenters. The summed E-state index contributed by atoms with van der Waals surface area (Å²) in [6, 6.07) is 6.41. The van der Waals surface area contributed by atoms with Crippen LogP contribution < -0.4 is 16.4 Å². The molecule has 1 aromatic heterocycles. The lowest BCUT2D eigenvalue weighted by Gasteiger charge is -2.27. The fourth-order valence-corrected chi connectivity index (χ4v) is 4.76. The van der Waals surface area contributed by atoms with Gasteiger partial charge in [0.1, 0.15) is 0 Å². The second kappa shape index (κ2) is 11.3. The number of nitrogens with two attached hydrogens (primary N) is 2. The largest absolute Gasteiger partial charge is 0.370 e. The van der Waals surface area contributed by atoms with Crippen molar-refractivity contribution >= 4 is 40.1 Å². The van der Waals surface area contributed by atoms with Gasteiger partial charge < -0.3 is 21.4 Å². The molecule has 2 heterocycles. The van der Waals surface area contributed by atoms with E-state index in [9.17, 15) is 4.79 Å². The predicted octanol–water partition coefficient (Wildman–Crippen LogP) is 4.66. The van der Waals surface area contributed by atoms with Crippen molar-refractivity contribution in [2.24, 2.45) is 28.3 Å². The molecule has 7 nitrogen and oxygen atoms in total. The number of anilines is 1. The Hall–Kier alpha value is -2.25. The highest BCUT2D eigenvalue weighted by Gasteiger charge is 2.29. The summed E-state index contributed by atoms with van der Waals surface area (Å²) in [6.45, 7) is 12.1. The third kappa shape index (κ3) is 6.87. The first kappa shape index (κ1) is 25.4. The van der Waals surface area contributed by atoms with E-state index >= 15 is 0 Å². The molecule has 1 aliphatic rings. The zero-order chi connectivity index (χ0) is 24.1. The summed E-state index contributed by atoms with van der Waals surface area (Å²) < 4.78 is 0. The number of carbonyl (C=O) groups is 1. The molecule has 0 aliphatic carbocycles. The molecule has 0 saturated carbocycles. The smallest absolute Gasteiger partial charge is 0.263 e. The molecule has 0 bridgehead atoms. The monoisotopic (exact) mass is 474 g/mol. The number of H-pyrrole nitrogens is 1. The standard InChI is InChI=1S/C25H39ClN6O/c1-16(2)7-10-31(11-8-17(3)4)22-14-19(26)12-18-13-20(29-24(18)22)21-6-5-9-32(21)15-23(33)30-25(27)28/h12-14,16-17,21,29H,5-11,15H2,1-4H3,(H4,27,28,30,33). The molecule has 3 rings (SSSR count). The number of guanidine groups is 1. The number of aliphatic imine (C=N–C) groups is 1. The number of likely N-dealkylation sites (tertiary alicyclic amines) is 1. The van der Waals surface area contributed by atoms with Crippen LogP contribution in [-0.4, -0.2) is 47.9 Å². The number of fused-ring (bicyclic) bond motifs is 1. The van der Waals surface area contributed by atoms with E-state index in [1.807, 2.05) is 6.07 Å². The van der Waals surface area contributed by atoms with Gasteiger partial charge in [0.05, 0.1) is 23.8 Å². The molecule has 1 atom stereocenters. The second-order valence-electron chi connectivity index (χ2n) is 10.0. The van der Waals surface area contributed by atoms with Crippen molar-refractivity contribution in [2.75, 3.05) is 31.1 Å². The molecule has 2 aromatic rings. The molecule has 1 aliphatic heterocycles. The van der Waals surface area contributed by atoms with E-state index < -0.39 is 0 Å². The van der Waals surface area contributed by atoms with Crippen molar-refractivity contribution in [2.45, 2.75) is 59.4 Å². The van der Waals surface area contributed by atoms with Crippen molar-refractivity contribution in [3.8, 4) is 0 Å². The van der Waals surface area contributed by atoms with Gasteiger partial charge in [0.25, 0.3) is 5.91 Å². The molecule has 0 radical (unpaired) electrons. The van der Waals surface area contributed by atoms with Crippen LogP contribution in [0.15, 0.2) is 23.2 Å². The molecular weight excluding hydrogens is 436 g/mol. The van der Waals surface area contributed by atoms with Gasteiger partial charge in [-0.25, -0.2) is 0 Å². The first-order valence-corrected chi connectivity index (χ1v) is 12.5. The molecule has 0 spiro atoms. The van der Waals surface area contributed by atoms with Crippen LogP contribution >= 0.6 is 11.6 Å². The minimum atomic E-state index is -0.310. The Morgan fingerprint density at radius 2 is 1.85 bits per heavy atom. The summed E-state index contributed by atoms with van der Waals surface area (Å²) in [7, 11) is 0. The Balaban J connectivity index is 1.92. The first-order chi connectivity index (χ1) is 15.6. The van der Waals surface area contributed by atoms with E-state index in [0.29, 0.717) is 11.8 Å². The maximum atomic E-state index is 12.2. The van der Waals surface area contributed by atoms with E-state index in [1.54, 1.807) is 0 Å². The number of aromatic amines is 1. The van der Waals surface area contributed by atoms with Crippen molar-refractivity contribution in [3.05, 3.63) is 28.9 Å². The maximum Gasteiger partial charge on any atom is 0.263 e. The first-order valence-electron chi connectivity index (χ1n) is 12.1. The fraction of sp³-hybridized carbons (Fsp3) is 0.600. The third-order valence-electron chi connectivity index (χ3n) is 6.30. The number of amides is 1. The lowest BCUT2D eigenvalue weighted by molar-refractivity contribution is -0.119. The van der Waals surface area contributed by atoms with Crippen LogP contribution in [0, 0.1) is 11.8 Å². The average Bonchev–Trinajstić information content (AvgIpc) is 3.32. The van der Waals surface area contributed by atoms with Gasteiger partial charge in [-0.2, -0.15) is 4.99 Å². The summed E-state index contributed by atoms with van der Waals surface area (Å²) in [5.41, 5.74) is 14.1. The highest BCUT2D eigenvalue weighted by Crippen LogP contribution is 2.37. The summed E-state index contributed by atoms with van der Waals surface area (Å²) >= 11 is 6.57. The van der Waals surface area contributed by atoms with Crippen LogP contribution in [0.4, 0.5) is 5.69 Å². The molecule has 1 fully saturated rings. The van der Waals surface area contributed by atoms with Crippen LogP contribution in [-0.2, 0) is 4.79 Å². The van der Waals surface area contributed by atoms with Crippen LogP contribution in [0.3, 0.4) is 0 Å². The van der Waals surface area contributed by atoms with Gasteiger partial charge in [0, 0.05) is 29.2 Å². The van der Waals surface area contributed by atoms with Gasteiger partial charge in [-0.1, -0.05) is 39.3 Å². The van der Waals surface area contributed by atoms with Crippen molar-refractivity contribution in [3.63, 3.8) is 0 Å². The van der Waals surface area contributed by atoms with Crippen molar-refractivity contribution in [1.29, 1.82) is 0 Å². The molecular formula is C25H39ClN6O. The Labute approximate surface area is 202 Å². The molecule has 182 valence electrons. The van der Waals surface area contributed by atoms with Crippen molar-refractivity contribution < 1.29 is 4.79 Å². The number of rotatable bonds is 10. The van der Waals surface area contributed by atoms with Crippen LogP contribution in [0.1, 0.15) is 65.1 Å². The lowest BCUT2D eigenvalue weighted by atomic mass is 10.1. The molecule has 5 N–H and O–H groups in total. The number of aromatic nitrogens is 1. The highest BCUT2D eigenvalue weighted by molar-refractivity contribution is 6.32. The maximum absolute atomic E-state index is 12.2. The quantitative estimate of drug-likeness (QED) is 0.343. The average molecular weight is 475 g/mol. The number of benzene rings is 1. The summed E-state index contributed by atoms with van der Waals surface area (Å²) in [4.78, 5) is 24.2. The minimum absolute atomic E-state index is 0.127. The van der Waals surface area contributed by atoms with Crippen LogP contribution in [0.5, 0.6) is 0 Å². The van der Waals surface area contributed by atoms with Crippen LogP contribution in [0.2, 0.25) is 5.02 Å². The molecule has 1 saturated heterocycles. The normalized spacial score (nSPS) is 16.8. The van der Waals surface area contributed by atoms with E-state index in [1.165, 1.54) is 0 Å². The van der Waals surface area contributed by atoms with Gasteiger partial charge in [-0.3, -0.25) is 9.69 Å². The summed E-state index contributed by atoms with van der Waals surface area (Å²) in [6.07, 6.45) is 4.26. The van der Waals surface area contributed by atoms with Gasteiger partial charge in [0.15, 0.2) is 5.96 Å². The molecule has 1 aromatic carbocycles. The van der Waals surface area contributed by atoms with Gasteiger partial charge >= 0.3 is 0 Å². The topological polar surface area (TPSA) is 104 Å². The van der Waals surface area contributed by atoms with Crippen LogP contribution in [0.25, 0.3) is 10.9 Å². The Kier molecular flexibility index (Phi) is 8.65. The predicted molar refractivity (Wildman–Crippen MR) is 139 cm³/mol. The van der Waals surface area contributed by atoms with E-state index in [2.05, 4.69) is 59.6 Å². The third-order valence-corrected chi connectivity index (χ3v) is 6.52. The Morgan fingerprint density at radius 3 is 2.45 bits per heavy atom. The number of hydrogen-bond donors (Lipinski definition) is 3. The second-order valence-corrected chi connectivity index (χ2v) is 10.5. The SMILES string of the molecule is CC(C)CCN(CCC(C)C)c1cc(Cl)cc2cc(C3CCCN3CC(=O)N=C(N)N)[nH]c12. The van der Waals surface area contributed by atoms with E-state index in [4.69, 9.17) is 23.1 Å². The van der Waals surface area contributed by atoms with Gasteiger partial charge in [-0.05, 0) is 62.3 Å². The number of nitrogens with one attached hydrogen (secondary N) is 1. The molecule has 1 amide bonds. The zero-order valence-electron chi connectivity index (χ0n) is 20.4. The summed E-state index contributed by atoms with van der Waals surface area (Å²) in [5.74, 6) is 0.768. The van der Waals surface area contributed by atoms with Crippen molar-refractivity contribution in [1.82, 2.24) is 9.88 Å². The number of halogens is 1. The number of carbonyl (C=O) groups excluding carboxylic acids is 1. The number of nitrogens with zero attached hydrogens (tertiary/aromatic N) is 3.